The molecule has 0 N–H and O–H groups in total. The maximum atomic E-state index is 11.2. The van der Waals surface area contributed by atoms with Gasteiger partial charge in [-0.1, -0.05) is 44.0 Å². The van der Waals surface area contributed by atoms with Gasteiger partial charge in [-0.15, -0.1) is 0 Å². The molecule has 0 aliphatic heterocycles. The van der Waals surface area contributed by atoms with Crippen LogP contribution in [0.2, 0.25) is 0 Å². The predicted octanol–water partition coefficient (Wildman–Crippen LogP) is 3.07. The van der Waals surface area contributed by atoms with Crippen LogP contribution in [0.15, 0.2) is 24.3 Å². The third kappa shape index (κ3) is 5.50. The highest BCUT2D eigenvalue weighted by molar-refractivity contribution is 5.71. The Morgan fingerprint density at radius 3 is 2.71 bits per heavy atom. The molecule has 0 saturated carbocycles. The molecule has 0 aliphatic carbocycles. The van der Waals surface area contributed by atoms with Gasteiger partial charge in [0.15, 0.2) is 0 Å². The van der Waals surface area contributed by atoms with Gasteiger partial charge in [-0.3, -0.25) is 4.89 Å². The third-order valence-electron chi connectivity index (χ3n) is 2.59. The lowest BCUT2D eigenvalue weighted by Gasteiger charge is -2.04. The summed E-state index contributed by atoms with van der Waals surface area (Å²) in [5.74, 6) is -0.363. The first-order valence-electron chi connectivity index (χ1n) is 6.07. The Bertz CT molecular complexity index is 347. The van der Waals surface area contributed by atoms with E-state index in [0.717, 1.165) is 12.0 Å². The van der Waals surface area contributed by atoms with Crippen LogP contribution in [0, 0.1) is 0 Å². The van der Waals surface area contributed by atoms with Gasteiger partial charge in [0.2, 0.25) is 0 Å². The molecule has 3 nitrogen and oxygen atoms in total. The maximum absolute atomic E-state index is 11.2. The summed E-state index contributed by atoms with van der Waals surface area (Å²) in [7, 11) is 1.33. The Morgan fingerprint density at radius 1 is 1.24 bits per heavy atom. The van der Waals surface area contributed by atoms with Crippen molar-refractivity contribution < 1.29 is 14.6 Å². The van der Waals surface area contributed by atoms with Crippen LogP contribution in [-0.4, -0.2) is 13.1 Å². The second kappa shape index (κ2) is 7.85. The van der Waals surface area contributed by atoms with E-state index in [2.05, 4.69) is 28.8 Å². The van der Waals surface area contributed by atoms with E-state index in [1.54, 1.807) is 0 Å². The van der Waals surface area contributed by atoms with Crippen LogP contribution >= 0.6 is 0 Å². The number of carbonyl (C=O) groups is 1. The van der Waals surface area contributed by atoms with Gasteiger partial charge in [0, 0.05) is 0 Å². The van der Waals surface area contributed by atoms with Crippen LogP contribution in [0.5, 0.6) is 0 Å². The van der Waals surface area contributed by atoms with Gasteiger partial charge in [0.1, 0.15) is 0 Å². The molecule has 0 amide bonds. The lowest BCUT2D eigenvalue weighted by atomic mass is 10.0. The summed E-state index contributed by atoms with van der Waals surface area (Å²) >= 11 is 0. The highest BCUT2D eigenvalue weighted by Gasteiger charge is 2.05. The molecule has 1 aromatic rings. The maximum Gasteiger partial charge on any atom is 0.346 e. The van der Waals surface area contributed by atoms with E-state index in [4.69, 9.17) is 0 Å². The van der Waals surface area contributed by atoms with Gasteiger partial charge in [0.05, 0.1) is 13.5 Å². The number of rotatable bonds is 7. The average Bonchev–Trinajstić information content (AvgIpc) is 2.30. The van der Waals surface area contributed by atoms with Crippen LogP contribution in [0.25, 0.3) is 0 Å². The first-order valence-corrected chi connectivity index (χ1v) is 6.07. The van der Waals surface area contributed by atoms with E-state index in [1.165, 1.54) is 31.9 Å². The molecule has 0 spiro atoms. The Morgan fingerprint density at radius 2 is 2.00 bits per heavy atom. The minimum Gasteiger partial charge on any atom is -0.298 e. The van der Waals surface area contributed by atoms with Crippen molar-refractivity contribution >= 4 is 5.97 Å². The Kier molecular flexibility index (Phi) is 6.33. The lowest BCUT2D eigenvalue weighted by Crippen LogP contribution is -2.07. The van der Waals surface area contributed by atoms with Gasteiger partial charge in [-0.2, -0.15) is 4.89 Å². The predicted molar refractivity (Wildman–Crippen MR) is 66.5 cm³/mol. The van der Waals surface area contributed by atoms with Crippen LogP contribution in [0.4, 0.5) is 0 Å². The van der Waals surface area contributed by atoms with Crippen LogP contribution in [-0.2, 0) is 27.4 Å². The lowest BCUT2D eigenvalue weighted by molar-refractivity contribution is -0.254. The molecule has 17 heavy (non-hydrogen) atoms. The van der Waals surface area contributed by atoms with Crippen LogP contribution < -0.4 is 0 Å². The van der Waals surface area contributed by atoms with E-state index in [9.17, 15) is 4.79 Å². The molecule has 0 heterocycles. The summed E-state index contributed by atoms with van der Waals surface area (Å²) in [5, 5.41) is 0. The SMILES string of the molecule is CCCCCc1cccc(CC(=O)OOC)c1. The topological polar surface area (TPSA) is 35.5 Å². The van der Waals surface area contributed by atoms with Crippen LogP contribution in [0.1, 0.15) is 37.3 Å². The second-order valence-electron chi connectivity index (χ2n) is 4.08. The summed E-state index contributed by atoms with van der Waals surface area (Å²) in [6, 6.07) is 8.07. The first kappa shape index (κ1) is 13.7. The summed E-state index contributed by atoms with van der Waals surface area (Å²) in [6.07, 6.45) is 4.99. The molecule has 0 aromatic heterocycles. The molecule has 0 aliphatic rings. The van der Waals surface area contributed by atoms with Crippen molar-refractivity contribution in [2.75, 3.05) is 7.11 Å². The average molecular weight is 236 g/mol. The number of benzene rings is 1. The van der Waals surface area contributed by atoms with E-state index in [1.807, 2.05) is 12.1 Å². The Balaban J connectivity index is 2.50. The van der Waals surface area contributed by atoms with Gasteiger partial charge < -0.3 is 0 Å². The largest absolute Gasteiger partial charge is 0.346 e. The standard InChI is InChI=1S/C14H20O3/c1-3-4-5-7-12-8-6-9-13(10-12)11-14(15)17-16-2/h6,8-10H,3-5,7,11H2,1-2H3. The molecule has 0 radical (unpaired) electrons. The highest BCUT2D eigenvalue weighted by atomic mass is 17.2. The molecule has 1 rings (SSSR count). The molecular weight excluding hydrogens is 216 g/mol. The first-order chi connectivity index (χ1) is 8.26. The van der Waals surface area contributed by atoms with Gasteiger partial charge in [-0.25, -0.2) is 4.79 Å². The van der Waals surface area contributed by atoms with Crippen molar-refractivity contribution in [3.8, 4) is 0 Å². The van der Waals surface area contributed by atoms with Gasteiger partial charge >= 0.3 is 5.97 Å². The number of unbranched alkanes of at least 4 members (excludes halogenated alkanes) is 2. The van der Waals surface area contributed by atoms with E-state index in [-0.39, 0.29) is 12.4 Å². The minimum atomic E-state index is -0.363. The minimum absolute atomic E-state index is 0.259. The molecule has 94 valence electrons. The molecule has 0 bridgehead atoms. The molecule has 1 aromatic carbocycles. The van der Waals surface area contributed by atoms with Gasteiger partial charge in [0.25, 0.3) is 0 Å². The highest BCUT2D eigenvalue weighted by Crippen LogP contribution is 2.10. The molecule has 3 heteroatoms. The normalized spacial score (nSPS) is 10.2. The summed E-state index contributed by atoms with van der Waals surface area (Å²) in [5.41, 5.74) is 2.25. The zero-order valence-electron chi connectivity index (χ0n) is 10.6. The van der Waals surface area contributed by atoms with Crippen LogP contribution in [0.3, 0.4) is 0 Å². The fourth-order valence-electron chi connectivity index (χ4n) is 1.76. The smallest absolute Gasteiger partial charge is 0.298 e. The van der Waals surface area contributed by atoms with Crippen molar-refractivity contribution in [2.24, 2.45) is 0 Å². The Hall–Kier alpha value is -1.35. The zero-order valence-corrected chi connectivity index (χ0v) is 10.6. The number of aryl methyl sites for hydroxylation is 1. The summed E-state index contributed by atoms with van der Waals surface area (Å²) in [6.45, 7) is 2.19. The van der Waals surface area contributed by atoms with E-state index < -0.39 is 0 Å². The summed E-state index contributed by atoms with van der Waals surface area (Å²) < 4.78 is 0. The quantitative estimate of drug-likeness (QED) is 0.414. The molecule has 0 saturated heterocycles. The van der Waals surface area contributed by atoms with Crippen molar-refractivity contribution in [2.45, 2.75) is 39.0 Å². The van der Waals surface area contributed by atoms with Crippen molar-refractivity contribution in [1.82, 2.24) is 0 Å². The number of hydrogen-bond acceptors (Lipinski definition) is 3. The van der Waals surface area contributed by atoms with Crippen molar-refractivity contribution in [1.29, 1.82) is 0 Å². The zero-order chi connectivity index (χ0) is 12.5. The van der Waals surface area contributed by atoms with E-state index in [0.29, 0.717) is 0 Å². The monoisotopic (exact) mass is 236 g/mol. The van der Waals surface area contributed by atoms with E-state index >= 15 is 0 Å². The Labute approximate surface area is 103 Å². The fraction of sp³-hybridized carbons (Fsp3) is 0.500. The number of carbonyl (C=O) groups excluding carboxylic acids is 1. The fourth-order valence-corrected chi connectivity index (χ4v) is 1.76. The molecular formula is C14H20O3. The molecule has 0 atom stereocenters. The number of hydrogen-bond donors (Lipinski definition) is 0. The third-order valence-corrected chi connectivity index (χ3v) is 2.59. The second-order valence-corrected chi connectivity index (χ2v) is 4.08. The summed E-state index contributed by atoms with van der Waals surface area (Å²) in [4.78, 5) is 20.0. The molecule has 0 fully saturated rings. The van der Waals surface area contributed by atoms with Crippen molar-refractivity contribution in [3.63, 3.8) is 0 Å². The van der Waals surface area contributed by atoms with Gasteiger partial charge in [-0.05, 0) is 24.0 Å². The molecule has 0 unspecified atom stereocenters. The van der Waals surface area contributed by atoms with Crippen molar-refractivity contribution in [3.05, 3.63) is 35.4 Å².